The Morgan fingerprint density at radius 3 is 2.80 bits per heavy atom. The largest absolute Gasteiger partial charge is 0.334 e. The lowest BCUT2D eigenvalue weighted by atomic mass is 10.3. The zero-order valence-corrected chi connectivity index (χ0v) is 5.96. The first-order chi connectivity index (χ1) is 4.72. The van der Waals surface area contributed by atoms with E-state index in [0.29, 0.717) is 6.61 Å². The van der Waals surface area contributed by atoms with Crippen molar-refractivity contribution in [3.05, 3.63) is 12.7 Å². The van der Waals surface area contributed by atoms with E-state index in [1.807, 2.05) is 6.92 Å². The van der Waals surface area contributed by atoms with E-state index in [1.54, 1.807) is 0 Å². The first-order valence-electron chi connectivity index (χ1n) is 3.15. The Bertz CT molecular complexity index is 180. The van der Waals surface area contributed by atoms with E-state index in [9.17, 15) is 0 Å². The molecule has 0 N–H and O–H groups in total. The Hall–Kier alpha value is -0.780. The summed E-state index contributed by atoms with van der Waals surface area (Å²) >= 11 is 0. The van der Waals surface area contributed by atoms with Gasteiger partial charge < -0.3 is 9.47 Å². The van der Waals surface area contributed by atoms with Crippen LogP contribution >= 0.6 is 0 Å². The predicted octanol–water partition coefficient (Wildman–Crippen LogP) is 0.937. The number of ether oxygens (including phenoxy) is 2. The fourth-order valence-electron chi connectivity index (χ4n) is 0.850. The molecule has 2 unspecified atom stereocenters. The summed E-state index contributed by atoms with van der Waals surface area (Å²) in [6.07, 6.45) is 6.73. The molecule has 0 aromatic carbocycles. The van der Waals surface area contributed by atoms with Gasteiger partial charge in [0.05, 0.1) is 12.7 Å². The highest BCUT2D eigenvalue weighted by Crippen LogP contribution is 2.23. The molecule has 0 aromatic rings. The quantitative estimate of drug-likeness (QED) is 0.396. The maximum Gasteiger partial charge on any atom is 0.254 e. The Labute approximate surface area is 60.8 Å². The molecule has 2 heteroatoms. The van der Waals surface area contributed by atoms with Gasteiger partial charge in [0.2, 0.25) is 0 Å². The lowest BCUT2D eigenvalue weighted by Gasteiger charge is -2.15. The summed E-state index contributed by atoms with van der Waals surface area (Å²) in [5.74, 6) is 1.44. The van der Waals surface area contributed by atoms with E-state index >= 15 is 0 Å². The number of rotatable bonds is 1. The van der Waals surface area contributed by atoms with Gasteiger partial charge in [0.25, 0.3) is 5.79 Å². The summed E-state index contributed by atoms with van der Waals surface area (Å²) in [5, 5.41) is 0. The van der Waals surface area contributed by atoms with Crippen LogP contribution in [-0.2, 0) is 9.47 Å². The van der Waals surface area contributed by atoms with Crippen LogP contribution in [0.1, 0.15) is 6.92 Å². The van der Waals surface area contributed by atoms with E-state index in [1.165, 1.54) is 6.08 Å². The Morgan fingerprint density at radius 2 is 2.60 bits per heavy atom. The van der Waals surface area contributed by atoms with Crippen LogP contribution in [0.2, 0.25) is 0 Å². The minimum Gasteiger partial charge on any atom is -0.334 e. The smallest absolute Gasteiger partial charge is 0.254 e. The second kappa shape index (κ2) is 2.45. The van der Waals surface area contributed by atoms with Gasteiger partial charge in [0.15, 0.2) is 0 Å². The van der Waals surface area contributed by atoms with E-state index < -0.39 is 5.79 Å². The zero-order chi connectivity index (χ0) is 7.61. The van der Waals surface area contributed by atoms with Crippen molar-refractivity contribution in [2.45, 2.75) is 18.8 Å². The van der Waals surface area contributed by atoms with Crippen LogP contribution in [0.3, 0.4) is 0 Å². The maximum absolute atomic E-state index is 5.27. The molecule has 54 valence electrons. The first-order valence-corrected chi connectivity index (χ1v) is 3.15. The fourth-order valence-corrected chi connectivity index (χ4v) is 0.850. The summed E-state index contributed by atoms with van der Waals surface area (Å²) in [7, 11) is 0. The van der Waals surface area contributed by atoms with Gasteiger partial charge in [-0.2, -0.15) is 0 Å². The molecule has 0 aromatic heterocycles. The molecule has 10 heavy (non-hydrogen) atoms. The molecule has 0 aliphatic carbocycles. The van der Waals surface area contributed by atoms with Crippen LogP contribution in [0.4, 0.5) is 0 Å². The predicted molar refractivity (Wildman–Crippen MR) is 38.3 cm³/mol. The fraction of sp³-hybridized carbons (Fsp3) is 0.500. The highest BCUT2D eigenvalue weighted by molar-refractivity contribution is 5.14. The molecule has 1 fully saturated rings. The van der Waals surface area contributed by atoms with E-state index in [-0.39, 0.29) is 6.10 Å². The maximum atomic E-state index is 5.27. The highest BCUT2D eigenvalue weighted by Gasteiger charge is 2.34. The minimum absolute atomic E-state index is 0.0639. The van der Waals surface area contributed by atoms with E-state index in [2.05, 4.69) is 12.5 Å². The third-order valence-corrected chi connectivity index (χ3v) is 1.38. The second-order valence-corrected chi connectivity index (χ2v) is 2.26. The van der Waals surface area contributed by atoms with E-state index in [0.717, 1.165) is 0 Å². The van der Waals surface area contributed by atoms with Crippen molar-refractivity contribution < 1.29 is 9.47 Å². The van der Waals surface area contributed by atoms with Crippen molar-refractivity contribution in [2.24, 2.45) is 0 Å². The van der Waals surface area contributed by atoms with Crippen molar-refractivity contribution in [3.8, 4) is 12.3 Å². The Kier molecular flexibility index (Phi) is 1.80. The molecular weight excluding hydrogens is 128 g/mol. The van der Waals surface area contributed by atoms with Crippen molar-refractivity contribution >= 4 is 0 Å². The molecule has 2 atom stereocenters. The van der Waals surface area contributed by atoms with E-state index in [4.69, 9.17) is 15.9 Å². The third kappa shape index (κ3) is 1.06. The van der Waals surface area contributed by atoms with Crippen LogP contribution in [0, 0.1) is 12.3 Å². The lowest BCUT2D eigenvalue weighted by molar-refractivity contribution is -0.0777. The van der Waals surface area contributed by atoms with Crippen LogP contribution in [0.15, 0.2) is 12.7 Å². The van der Waals surface area contributed by atoms with Crippen LogP contribution in [0.25, 0.3) is 0 Å². The van der Waals surface area contributed by atoms with Crippen molar-refractivity contribution in [2.75, 3.05) is 6.61 Å². The molecule has 0 radical (unpaired) electrons. The van der Waals surface area contributed by atoms with Gasteiger partial charge in [0.1, 0.15) is 0 Å². The van der Waals surface area contributed by atoms with Gasteiger partial charge in [0, 0.05) is 0 Å². The number of terminal acetylenes is 1. The second-order valence-electron chi connectivity index (χ2n) is 2.26. The summed E-state index contributed by atoms with van der Waals surface area (Å²) < 4.78 is 10.4. The third-order valence-electron chi connectivity index (χ3n) is 1.38. The number of hydrogen-bond donors (Lipinski definition) is 0. The molecule has 1 aliphatic heterocycles. The average Bonchev–Trinajstić information content (AvgIpc) is 2.33. The molecule has 1 saturated heterocycles. The Balaban J connectivity index is 2.71. The molecular formula is C8H10O2. The van der Waals surface area contributed by atoms with Crippen molar-refractivity contribution in [1.82, 2.24) is 0 Å². The van der Waals surface area contributed by atoms with Crippen molar-refractivity contribution in [1.29, 1.82) is 0 Å². The van der Waals surface area contributed by atoms with Gasteiger partial charge >= 0.3 is 0 Å². The Morgan fingerprint density at radius 1 is 1.90 bits per heavy atom. The van der Waals surface area contributed by atoms with Gasteiger partial charge in [-0.15, -0.1) is 6.42 Å². The zero-order valence-electron chi connectivity index (χ0n) is 5.96. The first kappa shape index (κ1) is 7.33. The topological polar surface area (TPSA) is 18.5 Å². The SMILES string of the molecule is C#CC1(C=C)OCC(C)O1. The molecule has 0 spiro atoms. The molecule has 1 heterocycles. The summed E-state index contributed by atoms with van der Waals surface area (Å²) in [6.45, 7) is 5.97. The normalized spacial score (nSPS) is 39.0. The monoisotopic (exact) mass is 138 g/mol. The standard InChI is InChI=1S/C8H10O2/c1-4-8(5-2)9-6-7(3)10-8/h1,5,7H,2,6H2,3H3. The number of hydrogen-bond acceptors (Lipinski definition) is 2. The van der Waals surface area contributed by atoms with Crippen molar-refractivity contribution in [3.63, 3.8) is 0 Å². The average molecular weight is 138 g/mol. The molecule has 0 bridgehead atoms. The highest BCUT2D eigenvalue weighted by atomic mass is 16.7. The summed E-state index contributed by atoms with van der Waals surface area (Å²) in [6, 6.07) is 0. The van der Waals surface area contributed by atoms with Crippen LogP contribution < -0.4 is 0 Å². The summed E-state index contributed by atoms with van der Waals surface area (Å²) in [4.78, 5) is 0. The molecule has 0 amide bonds. The lowest BCUT2D eigenvalue weighted by Crippen LogP contribution is -2.24. The van der Waals surface area contributed by atoms with Gasteiger partial charge in [-0.05, 0) is 18.9 Å². The van der Waals surface area contributed by atoms with Gasteiger partial charge in [-0.25, -0.2) is 0 Å². The molecule has 1 aliphatic rings. The van der Waals surface area contributed by atoms with Crippen LogP contribution in [0.5, 0.6) is 0 Å². The van der Waals surface area contributed by atoms with Gasteiger partial charge in [-0.1, -0.05) is 6.58 Å². The molecule has 1 rings (SSSR count). The van der Waals surface area contributed by atoms with Gasteiger partial charge in [-0.3, -0.25) is 0 Å². The molecule has 2 nitrogen and oxygen atoms in total. The molecule has 0 saturated carbocycles. The van der Waals surface area contributed by atoms with Crippen LogP contribution in [-0.4, -0.2) is 18.5 Å². The summed E-state index contributed by atoms with van der Waals surface area (Å²) in [5.41, 5.74) is 0. The minimum atomic E-state index is -0.959.